The molecule has 242 valence electrons. The van der Waals surface area contributed by atoms with Gasteiger partial charge in [-0.2, -0.15) is 13.2 Å². The molecule has 6 rings (SSSR count). The first kappa shape index (κ1) is 30.7. The molecule has 0 bridgehead atoms. The minimum Gasteiger partial charge on any atom is -0.494 e. The second-order valence-electron chi connectivity index (χ2n) is 13.5. The molecule has 2 saturated heterocycles. The van der Waals surface area contributed by atoms with E-state index in [0.717, 1.165) is 34.8 Å². The summed E-state index contributed by atoms with van der Waals surface area (Å²) in [6, 6.07) is -0.880. The highest BCUT2D eigenvalue weighted by Gasteiger charge is 2.68. The Labute approximate surface area is 251 Å². The molecule has 44 heavy (non-hydrogen) atoms. The van der Waals surface area contributed by atoms with Gasteiger partial charge in [-0.05, 0) is 62.7 Å². The van der Waals surface area contributed by atoms with Crippen molar-refractivity contribution in [3.8, 4) is 5.88 Å². The molecule has 0 radical (unpaired) electrons. The van der Waals surface area contributed by atoms with E-state index in [1.165, 1.54) is 11.9 Å². The molecular formula is C29H39F3N6O6. The first-order valence-corrected chi connectivity index (χ1v) is 15.4. The fourth-order valence-electron chi connectivity index (χ4n) is 8.21. The molecule has 3 heterocycles. The molecule has 0 unspecified atom stereocenters. The Morgan fingerprint density at radius 3 is 2.23 bits per heavy atom. The number of alkyl halides is 3. The van der Waals surface area contributed by atoms with Crippen LogP contribution < -0.4 is 17.0 Å². The third kappa shape index (κ3) is 5.10. The number of aromatic hydroxyl groups is 1. The van der Waals surface area contributed by atoms with Crippen LogP contribution in [-0.2, 0) is 16.1 Å². The number of likely N-dealkylation sites (N-methyl/N-ethyl adjacent to an activating group) is 1. The molecule has 2 aliphatic heterocycles. The molecule has 0 atom stereocenters. The number of urea groups is 1. The van der Waals surface area contributed by atoms with E-state index in [0.29, 0.717) is 58.3 Å². The summed E-state index contributed by atoms with van der Waals surface area (Å²) in [5.41, 5.74) is 2.44. The molecule has 1 aromatic rings. The van der Waals surface area contributed by atoms with E-state index in [1.54, 1.807) is 4.90 Å². The Morgan fingerprint density at radius 2 is 1.66 bits per heavy atom. The van der Waals surface area contributed by atoms with Gasteiger partial charge in [-0.15, -0.1) is 0 Å². The lowest BCUT2D eigenvalue weighted by molar-refractivity contribution is -0.152. The number of amidine groups is 1. The van der Waals surface area contributed by atoms with Gasteiger partial charge in [-0.1, -0.05) is 12.8 Å². The average Bonchev–Trinajstić information content (AvgIpc) is 3.50. The minimum atomic E-state index is -4.67. The van der Waals surface area contributed by atoms with Crippen molar-refractivity contribution in [1.82, 2.24) is 18.9 Å². The first-order chi connectivity index (χ1) is 20.8. The van der Waals surface area contributed by atoms with Crippen molar-refractivity contribution in [2.45, 2.75) is 88.5 Å². The normalized spacial score (nSPS) is 30.1. The Hall–Kier alpha value is -3.36. The van der Waals surface area contributed by atoms with Gasteiger partial charge in [0.2, 0.25) is 5.88 Å². The molecule has 12 nitrogen and oxygen atoms in total. The zero-order chi connectivity index (χ0) is 31.6. The Bertz CT molecular complexity index is 1480. The number of aliphatic imine (C=N–C) groups is 1. The molecule has 3 saturated carbocycles. The average molecular weight is 625 g/mol. The summed E-state index contributed by atoms with van der Waals surface area (Å²) in [4.78, 5) is 59.8. The molecule has 15 heteroatoms. The predicted molar refractivity (Wildman–Crippen MR) is 151 cm³/mol. The molecular weight excluding hydrogens is 585 g/mol. The van der Waals surface area contributed by atoms with Crippen molar-refractivity contribution in [1.29, 1.82) is 0 Å². The van der Waals surface area contributed by atoms with Gasteiger partial charge in [-0.25, -0.2) is 9.59 Å². The van der Waals surface area contributed by atoms with Gasteiger partial charge in [-0.3, -0.25) is 28.6 Å². The summed E-state index contributed by atoms with van der Waals surface area (Å²) in [5, 5.41) is 11.0. The summed E-state index contributed by atoms with van der Waals surface area (Å²) < 4.78 is 46.1. The van der Waals surface area contributed by atoms with Crippen molar-refractivity contribution in [2.75, 3.05) is 33.4 Å². The van der Waals surface area contributed by atoms with E-state index in [9.17, 15) is 37.5 Å². The van der Waals surface area contributed by atoms with Gasteiger partial charge in [0.05, 0.1) is 13.2 Å². The number of hydrogen-bond donors (Lipinski definition) is 2. The highest BCUT2D eigenvalue weighted by atomic mass is 19.4. The van der Waals surface area contributed by atoms with Crippen LogP contribution in [0.2, 0.25) is 0 Å². The third-order valence-corrected chi connectivity index (χ3v) is 10.6. The van der Waals surface area contributed by atoms with Gasteiger partial charge in [0.15, 0.2) is 0 Å². The molecule has 3 aliphatic carbocycles. The number of halogens is 3. The summed E-state index contributed by atoms with van der Waals surface area (Å²) >= 11 is 0. The van der Waals surface area contributed by atoms with Crippen molar-refractivity contribution in [2.24, 2.45) is 28.0 Å². The van der Waals surface area contributed by atoms with Crippen LogP contribution in [0.1, 0.15) is 75.8 Å². The van der Waals surface area contributed by atoms with E-state index < -0.39 is 52.8 Å². The number of aromatic nitrogens is 2. The molecule has 2 spiro atoms. The largest absolute Gasteiger partial charge is 0.494 e. The highest BCUT2D eigenvalue weighted by molar-refractivity contribution is 6.07. The number of carbonyl (C=O) groups is 2. The summed E-state index contributed by atoms with van der Waals surface area (Å²) in [6.45, 7) is 0.0516. The summed E-state index contributed by atoms with van der Waals surface area (Å²) in [7, 11) is 1.50. The number of imide groups is 1. The van der Waals surface area contributed by atoms with Gasteiger partial charge < -0.3 is 20.5 Å². The van der Waals surface area contributed by atoms with Crippen LogP contribution in [0, 0.1) is 17.3 Å². The maximum absolute atomic E-state index is 13.7. The Morgan fingerprint density at radius 1 is 1.02 bits per heavy atom. The standard InChI is InChI=1S/C29H39F3N6O6/c1-35-24(41)28(37(25(35)42)11-18-12-44-13-18)14-27(15-28)8-6-19(7-9-27)38-23(40)20(21(33)34-16-29(30,31)32)22(39)36(26(38)43)10-17-4-2-3-5-17/h17-19,39H,2-16H2,1H3,(H2,33,34). The van der Waals surface area contributed by atoms with Gasteiger partial charge in [0.1, 0.15) is 23.5 Å². The Kier molecular flexibility index (Phi) is 7.60. The lowest BCUT2D eigenvalue weighted by Gasteiger charge is -2.58. The third-order valence-electron chi connectivity index (χ3n) is 10.6. The van der Waals surface area contributed by atoms with Crippen molar-refractivity contribution in [3.05, 3.63) is 26.4 Å². The second-order valence-corrected chi connectivity index (χ2v) is 13.5. The van der Waals surface area contributed by atoms with Crippen LogP contribution in [0.15, 0.2) is 14.6 Å². The molecule has 0 aromatic carbocycles. The predicted octanol–water partition coefficient (Wildman–Crippen LogP) is 2.35. The molecule has 5 fully saturated rings. The van der Waals surface area contributed by atoms with Crippen molar-refractivity contribution < 1.29 is 32.6 Å². The maximum Gasteiger partial charge on any atom is 0.408 e. The van der Waals surface area contributed by atoms with Crippen molar-refractivity contribution >= 4 is 17.8 Å². The highest BCUT2D eigenvalue weighted by Crippen LogP contribution is 2.62. The number of nitrogens with zero attached hydrogens (tertiary/aromatic N) is 5. The lowest BCUT2D eigenvalue weighted by Crippen LogP contribution is -2.65. The molecule has 1 aromatic heterocycles. The lowest BCUT2D eigenvalue weighted by atomic mass is 9.51. The van der Waals surface area contributed by atoms with Crippen LogP contribution in [-0.4, -0.2) is 86.9 Å². The minimum absolute atomic E-state index is 0.0748. The summed E-state index contributed by atoms with van der Waals surface area (Å²) in [5.74, 6) is -1.47. The number of ether oxygens (including phenoxy) is 1. The van der Waals surface area contributed by atoms with Crippen LogP contribution >= 0.6 is 0 Å². The van der Waals surface area contributed by atoms with Gasteiger partial charge in [0, 0.05) is 32.1 Å². The Balaban J connectivity index is 1.26. The van der Waals surface area contributed by atoms with Crippen LogP contribution in [0.4, 0.5) is 18.0 Å². The van der Waals surface area contributed by atoms with Gasteiger partial charge in [0.25, 0.3) is 11.5 Å². The van der Waals surface area contributed by atoms with E-state index >= 15 is 0 Å². The van der Waals surface area contributed by atoms with E-state index in [4.69, 9.17) is 10.5 Å². The van der Waals surface area contributed by atoms with Crippen LogP contribution in [0.5, 0.6) is 5.88 Å². The quantitative estimate of drug-likeness (QED) is 0.268. The number of nitrogens with two attached hydrogens (primary N) is 1. The number of hydrogen-bond acceptors (Lipinski definition) is 7. The fraction of sp³-hybridized carbons (Fsp3) is 0.759. The monoisotopic (exact) mass is 624 g/mol. The molecule has 3 N–H and O–H groups in total. The summed E-state index contributed by atoms with van der Waals surface area (Å²) in [6.07, 6.45) is 1.90. The number of rotatable bonds is 7. The fourth-order valence-corrected chi connectivity index (χ4v) is 8.21. The van der Waals surface area contributed by atoms with Crippen molar-refractivity contribution in [3.63, 3.8) is 0 Å². The number of amides is 3. The van der Waals surface area contributed by atoms with Crippen LogP contribution in [0.25, 0.3) is 0 Å². The molecule has 5 aliphatic rings. The van der Waals surface area contributed by atoms with E-state index in [1.807, 2.05) is 0 Å². The van der Waals surface area contributed by atoms with E-state index in [-0.39, 0.29) is 35.7 Å². The maximum atomic E-state index is 13.7. The van der Waals surface area contributed by atoms with Gasteiger partial charge >= 0.3 is 17.9 Å². The second kappa shape index (κ2) is 10.9. The van der Waals surface area contributed by atoms with E-state index in [2.05, 4.69) is 4.99 Å². The smallest absolute Gasteiger partial charge is 0.408 e. The zero-order valence-electron chi connectivity index (χ0n) is 24.8. The SMILES string of the molecule is CN1C(=O)N(CC2COC2)C2(CC3(CCC(n4c(=O)c(C(N)=NCC(F)(F)F)c(O)n(CC5CCCC5)c4=O)CC3)C2)C1=O. The zero-order valence-corrected chi connectivity index (χ0v) is 24.8. The molecule has 3 amide bonds. The number of carbonyl (C=O) groups excluding carboxylic acids is 2. The van der Waals surface area contributed by atoms with Crippen LogP contribution in [0.3, 0.4) is 0 Å². The first-order valence-electron chi connectivity index (χ1n) is 15.4. The topological polar surface area (TPSA) is 152 Å².